The van der Waals surface area contributed by atoms with Crippen LogP contribution in [0.1, 0.15) is 12.8 Å². The fourth-order valence-electron chi connectivity index (χ4n) is 1.85. The van der Waals surface area contributed by atoms with Crippen LogP contribution in [-0.2, 0) is 10.0 Å². The minimum Gasteiger partial charge on any atom is -0.386 e. The van der Waals surface area contributed by atoms with E-state index in [1.54, 1.807) is 0 Å². The van der Waals surface area contributed by atoms with Gasteiger partial charge >= 0.3 is 0 Å². The number of rotatable bonds is 3. The predicted molar refractivity (Wildman–Crippen MR) is 57.4 cm³/mol. The van der Waals surface area contributed by atoms with Gasteiger partial charge in [-0.3, -0.25) is 5.41 Å². The van der Waals surface area contributed by atoms with Crippen LogP contribution >= 0.6 is 0 Å². The fraction of sp³-hybridized carbons (Fsp3) is 0.500. The monoisotopic (exact) mass is 243 g/mol. The van der Waals surface area contributed by atoms with Crippen LogP contribution in [0, 0.1) is 5.41 Å². The first-order valence-electron chi connectivity index (χ1n) is 4.87. The maximum Gasteiger partial charge on any atom is 0.260 e. The molecule has 1 unspecified atom stereocenters. The Kier molecular flexibility index (Phi) is 2.68. The van der Waals surface area contributed by atoms with Gasteiger partial charge in [0.25, 0.3) is 10.0 Å². The van der Waals surface area contributed by atoms with Crippen molar-refractivity contribution in [3.63, 3.8) is 0 Å². The third-order valence-corrected chi connectivity index (χ3v) is 4.46. The number of aromatic amines is 1. The highest BCUT2D eigenvalue weighted by Gasteiger charge is 2.37. The van der Waals surface area contributed by atoms with Gasteiger partial charge in [-0.25, -0.2) is 13.4 Å². The van der Waals surface area contributed by atoms with Crippen LogP contribution in [0.15, 0.2) is 17.6 Å². The molecule has 0 aromatic carbocycles. The number of sulfonamides is 1. The lowest BCUT2D eigenvalue weighted by molar-refractivity contribution is 0.441. The minimum absolute atomic E-state index is 0.0423. The average Bonchev–Trinajstić information content (AvgIpc) is 2.89. The van der Waals surface area contributed by atoms with Crippen LogP contribution in [-0.4, -0.2) is 41.1 Å². The van der Waals surface area contributed by atoms with Crippen LogP contribution in [0.3, 0.4) is 0 Å². The van der Waals surface area contributed by atoms with Crippen molar-refractivity contribution in [2.24, 2.45) is 5.73 Å². The molecular weight excluding hydrogens is 230 g/mol. The largest absolute Gasteiger partial charge is 0.386 e. The summed E-state index contributed by atoms with van der Waals surface area (Å²) >= 11 is 0. The topological polar surface area (TPSA) is 116 Å². The molecule has 0 aliphatic carbocycles. The van der Waals surface area contributed by atoms with Gasteiger partial charge in [-0.15, -0.1) is 0 Å². The smallest absolute Gasteiger partial charge is 0.260 e. The van der Waals surface area contributed by atoms with Crippen LogP contribution in [0.25, 0.3) is 0 Å². The molecule has 1 aromatic heterocycles. The van der Waals surface area contributed by atoms with Crippen molar-refractivity contribution in [2.45, 2.75) is 23.9 Å². The molecule has 2 rings (SSSR count). The average molecular weight is 243 g/mol. The molecular formula is C8H13N5O2S. The summed E-state index contributed by atoms with van der Waals surface area (Å²) in [5, 5.41) is 7.42. The summed E-state index contributed by atoms with van der Waals surface area (Å²) in [5.41, 5.74) is 5.39. The van der Waals surface area contributed by atoms with Gasteiger partial charge in [0, 0.05) is 6.54 Å². The summed E-state index contributed by atoms with van der Waals surface area (Å²) < 4.78 is 25.5. The van der Waals surface area contributed by atoms with Crippen molar-refractivity contribution >= 4 is 15.9 Å². The molecule has 0 saturated carbocycles. The van der Waals surface area contributed by atoms with E-state index in [9.17, 15) is 8.42 Å². The maximum absolute atomic E-state index is 12.1. The van der Waals surface area contributed by atoms with E-state index in [1.165, 1.54) is 16.8 Å². The number of H-pyrrole nitrogens is 1. The molecule has 1 atom stereocenters. The van der Waals surface area contributed by atoms with E-state index in [1.807, 2.05) is 0 Å². The first-order valence-corrected chi connectivity index (χ1v) is 6.31. The summed E-state index contributed by atoms with van der Waals surface area (Å²) in [6.07, 6.45) is 3.89. The number of nitrogens with one attached hydrogen (secondary N) is 2. The van der Waals surface area contributed by atoms with Gasteiger partial charge in [0.05, 0.1) is 18.6 Å². The lowest BCUT2D eigenvalue weighted by Gasteiger charge is -2.21. The summed E-state index contributed by atoms with van der Waals surface area (Å²) in [5.74, 6) is -0.111. The Morgan fingerprint density at radius 1 is 1.69 bits per heavy atom. The SMILES string of the molecule is N=C(N)C1CCCN1S(=O)(=O)c1cnc[nH]1. The molecule has 1 saturated heterocycles. The summed E-state index contributed by atoms with van der Waals surface area (Å²) in [4.78, 5) is 6.25. The molecule has 16 heavy (non-hydrogen) atoms. The third-order valence-electron chi connectivity index (χ3n) is 2.62. The molecule has 0 spiro atoms. The number of imidazole rings is 1. The molecule has 0 amide bonds. The number of aromatic nitrogens is 2. The number of hydrogen-bond acceptors (Lipinski definition) is 4. The van der Waals surface area contributed by atoms with Crippen molar-refractivity contribution in [3.8, 4) is 0 Å². The summed E-state index contributed by atoms with van der Waals surface area (Å²) in [7, 11) is -3.60. The molecule has 88 valence electrons. The molecule has 1 fully saturated rings. The van der Waals surface area contributed by atoms with Crippen molar-refractivity contribution < 1.29 is 8.42 Å². The number of nitrogens with zero attached hydrogens (tertiary/aromatic N) is 2. The first-order chi connectivity index (χ1) is 7.53. The number of amidine groups is 1. The Morgan fingerprint density at radius 3 is 3.00 bits per heavy atom. The lowest BCUT2D eigenvalue weighted by Crippen LogP contribution is -2.43. The first kappa shape index (κ1) is 11.1. The van der Waals surface area contributed by atoms with Crippen molar-refractivity contribution in [1.82, 2.24) is 14.3 Å². The molecule has 7 nitrogen and oxygen atoms in total. The Balaban J connectivity index is 2.34. The van der Waals surface area contributed by atoms with E-state index in [0.29, 0.717) is 13.0 Å². The van der Waals surface area contributed by atoms with Crippen molar-refractivity contribution in [1.29, 1.82) is 5.41 Å². The number of nitrogens with two attached hydrogens (primary N) is 1. The highest BCUT2D eigenvalue weighted by Crippen LogP contribution is 2.24. The molecule has 0 bridgehead atoms. The molecule has 2 heterocycles. The van der Waals surface area contributed by atoms with Gasteiger partial charge in [0.15, 0.2) is 5.03 Å². The molecule has 0 radical (unpaired) electrons. The zero-order valence-electron chi connectivity index (χ0n) is 8.55. The summed E-state index contributed by atoms with van der Waals surface area (Å²) in [6.45, 7) is 0.394. The van der Waals surface area contributed by atoms with E-state index >= 15 is 0 Å². The van der Waals surface area contributed by atoms with Crippen LogP contribution in [0.4, 0.5) is 0 Å². The van der Waals surface area contributed by atoms with Gasteiger partial charge in [-0.05, 0) is 12.8 Å². The maximum atomic E-state index is 12.1. The number of hydrogen-bond donors (Lipinski definition) is 3. The fourth-order valence-corrected chi connectivity index (χ4v) is 3.42. The Morgan fingerprint density at radius 2 is 2.44 bits per heavy atom. The van der Waals surface area contributed by atoms with Gasteiger partial charge in [0.2, 0.25) is 0 Å². The van der Waals surface area contributed by atoms with Gasteiger partial charge in [0.1, 0.15) is 5.84 Å². The van der Waals surface area contributed by atoms with Crippen molar-refractivity contribution in [2.75, 3.05) is 6.54 Å². The molecule has 4 N–H and O–H groups in total. The highest BCUT2D eigenvalue weighted by atomic mass is 32.2. The predicted octanol–water partition coefficient (Wildman–Crippen LogP) is -0.501. The van der Waals surface area contributed by atoms with Crippen molar-refractivity contribution in [3.05, 3.63) is 12.5 Å². The second kappa shape index (κ2) is 3.87. The van der Waals surface area contributed by atoms with Gasteiger partial charge in [-0.2, -0.15) is 4.31 Å². The Bertz CT molecular complexity index is 481. The molecule has 1 aliphatic rings. The van der Waals surface area contributed by atoms with E-state index in [0.717, 1.165) is 6.42 Å². The van der Waals surface area contributed by atoms with Gasteiger partial charge < -0.3 is 10.7 Å². The van der Waals surface area contributed by atoms with E-state index < -0.39 is 16.1 Å². The minimum atomic E-state index is -3.60. The molecule has 1 aliphatic heterocycles. The Labute approximate surface area is 93.2 Å². The molecule has 1 aromatic rings. The van der Waals surface area contributed by atoms with Crippen LogP contribution < -0.4 is 5.73 Å². The lowest BCUT2D eigenvalue weighted by atomic mass is 10.2. The van der Waals surface area contributed by atoms with Crippen LogP contribution in [0.2, 0.25) is 0 Å². The third kappa shape index (κ3) is 1.69. The summed E-state index contributed by atoms with van der Waals surface area (Å²) in [6, 6.07) is -0.520. The van der Waals surface area contributed by atoms with E-state index in [-0.39, 0.29) is 10.9 Å². The van der Waals surface area contributed by atoms with E-state index in [4.69, 9.17) is 11.1 Å². The second-order valence-corrected chi connectivity index (χ2v) is 5.50. The zero-order chi connectivity index (χ0) is 11.8. The second-order valence-electron chi connectivity index (χ2n) is 3.64. The van der Waals surface area contributed by atoms with Gasteiger partial charge in [-0.1, -0.05) is 0 Å². The Hall–Kier alpha value is -1.41. The van der Waals surface area contributed by atoms with E-state index in [2.05, 4.69) is 9.97 Å². The molecule has 8 heteroatoms. The normalized spacial score (nSPS) is 22.4. The zero-order valence-corrected chi connectivity index (χ0v) is 9.37. The standard InChI is InChI=1S/C8H13N5O2S/c9-8(10)6-2-1-3-13(6)16(14,15)7-4-11-5-12-7/h4-6H,1-3H2,(H3,9,10)(H,11,12). The quantitative estimate of drug-likeness (QED) is 0.490. The van der Waals surface area contributed by atoms with Crippen LogP contribution in [0.5, 0.6) is 0 Å². The highest BCUT2D eigenvalue weighted by molar-refractivity contribution is 7.89.